The highest BCUT2D eigenvalue weighted by atomic mass is 16.5. The number of aliphatic imine (C=N–C) groups is 1. The van der Waals surface area contributed by atoms with Crippen molar-refractivity contribution in [1.82, 2.24) is 10.6 Å². The number of hydrogen-bond donors (Lipinski definition) is 2. The molecule has 0 saturated heterocycles. The first-order valence-corrected chi connectivity index (χ1v) is 6.20. The Morgan fingerprint density at radius 1 is 1.35 bits per heavy atom. The Hall–Kier alpha value is -1.71. The summed E-state index contributed by atoms with van der Waals surface area (Å²) < 4.78 is 5.74. The monoisotopic (exact) mass is 231 g/mol. The average molecular weight is 231 g/mol. The van der Waals surface area contributed by atoms with Gasteiger partial charge in [-0.05, 0) is 18.9 Å². The van der Waals surface area contributed by atoms with Crippen LogP contribution in [0.4, 0.5) is 0 Å². The minimum atomic E-state index is 0.304. The minimum absolute atomic E-state index is 0.304. The van der Waals surface area contributed by atoms with E-state index in [0.29, 0.717) is 6.04 Å². The molecule has 3 rings (SSSR count). The van der Waals surface area contributed by atoms with Crippen molar-refractivity contribution >= 4 is 5.96 Å². The highest BCUT2D eigenvalue weighted by Crippen LogP contribution is 2.30. The average Bonchev–Trinajstić information content (AvgIpc) is 2.78. The van der Waals surface area contributed by atoms with Gasteiger partial charge in [0.15, 0.2) is 5.96 Å². The van der Waals surface area contributed by atoms with Gasteiger partial charge in [-0.3, -0.25) is 4.99 Å². The molecule has 90 valence electrons. The molecule has 0 saturated carbocycles. The lowest BCUT2D eigenvalue weighted by Crippen LogP contribution is -2.36. The maximum atomic E-state index is 5.74. The van der Waals surface area contributed by atoms with Crippen LogP contribution >= 0.6 is 0 Å². The molecule has 2 aliphatic rings. The Balaban J connectivity index is 1.83. The van der Waals surface area contributed by atoms with Gasteiger partial charge >= 0.3 is 0 Å². The van der Waals surface area contributed by atoms with Crippen LogP contribution in [0, 0.1) is 0 Å². The Labute approximate surface area is 101 Å². The highest BCUT2D eigenvalue weighted by molar-refractivity contribution is 5.81. The van der Waals surface area contributed by atoms with Gasteiger partial charge in [0.2, 0.25) is 0 Å². The lowest BCUT2D eigenvalue weighted by Gasteiger charge is -2.19. The zero-order chi connectivity index (χ0) is 11.5. The molecule has 4 nitrogen and oxygen atoms in total. The first-order chi connectivity index (χ1) is 8.43. The minimum Gasteiger partial charge on any atom is -0.493 e. The second kappa shape index (κ2) is 4.65. The zero-order valence-corrected chi connectivity index (χ0v) is 9.78. The first kappa shape index (κ1) is 10.4. The quantitative estimate of drug-likeness (QED) is 0.769. The number of rotatable bonds is 1. The van der Waals surface area contributed by atoms with Crippen LogP contribution in [0.5, 0.6) is 5.75 Å². The van der Waals surface area contributed by atoms with Gasteiger partial charge in [0.05, 0.1) is 19.2 Å². The van der Waals surface area contributed by atoms with Crippen molar-refractivity contribution in [2.24, 2.45) is 4.99 Å². The molecule has 0 fully saturated rings. The van der Waals surface area contributed by atoms with Crippen LogP contribution in [-0.2, 0) is 0 Å². The van der Waals surface area contributed by atoms with Crippen molar-refractivity contribution in [2.75, 3.05) is 19.7 Å². The Morgan fingerprint density at radius 3 is 3.18 bits per heavy atom. The van der Waals surface area contributed by atoms with E-state index in [9.17, 15) is 0 Å². The van der Waals surface area contributed by atoms with Crippen molar-refractivity contribution in [3.8, 4) is 5.75 Å². The van der Waals surface area contributed by atoms with Crippen molar-refractivity contribution in [1.29, 1.82) is 0 Å². The van der Waals surface area contributed by atoms with E-state index in [1.165, 1.54) is 5.56 Å². The van der Waals surface area contributed by atoms with Crippen LogP contribution < -0.4 is 15.4 Å². The van der Waals surface area contributed by atoms with Crippen LogP contribution in [0.25, 0.3) is 0 Å². The maximum Gasteiger partial charge on any atom is 0.191 e. The topological polar surface area (TPSA) is 45.6 Å². The molecule has 0 aliphatic carbocycles. The van der Waals surface area contributed by atoms with Gasteiger partial charge in [0.25, 0.3) is 0 Å². The number of para-hydroxylation sites is 1. The number of nitrogens with zero attached hydrogens (tertiary/aromatic N) is 1. The van der Waals surface area contributed by atoms with E-state index in [2.05, 4.69) is 27.8 Å². The molecule has 0 bridgehead atoms. The molecule has 1 aromatic rings. The molecule has 0 amide bonds. The summed E-state index contributed by atoms with van der Waals surface area (Å²) in [6, 6.07) is 8.56. The van der Waals surface area contributed by atoms with Crippen LogP contribution in [0.15, 0.2) is 29.3 Å². The number of fused-ring (bicyclic) bond motifs is 1. The summed E-state index contributed by atoms with van der Waals surface area (Å²) in [5.74, 6) is 1.92. The SMILES string of the molecule is c1ccc2c(c1)OCCCC2NC1=NCCN1. The van der Waals surface area contributed by atoms with Gasteiger partial charge in [-0.25, -0.2) is 0 Å². The molecular weight excluding hydrogens is 214 g/mol. The maximum absolute atomic E-state index is 5.74. The lowest BCUT2D eigenvalue weighted by molar-refractivity contribution is 0.316. The van der Waals surface area contributed by atoms with Gasteiger partial charge in [-0.15, -0.1) is 0 Å². The van der Waals surface area contributed by atoms with E-state index in [4.69, 9.17) is 4.74 Å². The van der Waals surface area contributed by atoms with Crippen molar-refractivity contribution in [3.05, 3.63) is 29.8 Å². The largest absolute Gasteiger partial charge is 0.493 e. The summed E-state index contributed by atoms with van der Waals surface area (Å²) in [5.41, 5.74) is 1.24. The number of guanidine groups is 1. The Morgan fingerprint density at radius 2 is 2.29 bits per heavy atom. The van der Waals surface area contributed by atoms with E-state index < -0.39 is 0 Å². The summed E-state index contributed by atoms with van der Waals surface area (Å²) >= 11 is 0. The van der Waals surface area contributed by atoms with E-state index in [0.717, 1.165) is 44.2 Å². The number of benzene rings is 1. The molecule has 2 N–H and O–H groups in total. The predicted octanol–water partition coefficient (Wildman–Crippen LogP) is 1.45. The van der Waals surface area contributed by atoms with Crippen LogP contribution in [0.3, 0.4) is 0 Å². The smallest absolute Gasteiger partial charge is 0.191 e. The van der Waals surface area contributed by atoms with Gasteiger partial charge in [0.1, 0.15) is 5.75 Å². The standard InChI is InChI=1S/C13H17N3O/c1-2-6-12-10(4-1)11(5-3-9-17-12)16-13-14-7-8-15-13/h1-2,4,6,11H,3,5,7-9H2,(H2,14,15,16). The summed E-state index contributed by atoms with van der Waals surface area (Å²) in [6.07, 6.45) is 2.15. The van der Waals surface area contributed by atoms with Crippen LogP contribution in [0.1, 0.15) is 24.4 Å². The molecule has 2 aliphatic heterocycles. The molecule has 0 spiro atoms. The zero-order valence-electron chi connectivity index (χ0n) is 9.78. The second-order valence-electron chi connectivity index (χ2n) is 4.38. The van der Waals surface area contributed by atoms with Crippen molar-refractivity contribution < 1.29 is 4.74 Å². The molecule has 0 aromatic heterocycles. The summed E-state index contributed by atoms with van der Waals surface area (Å²) in [4.78, 5) is 4.39. The van der Waals surface area contributed by atoms with Gasteiger partial charge < -0.3 is 15.4 Å². The fourth-order valence-corrected chi connectivity index (χ4v) is 2.33. The van der Waals surface area contributed by atoms with Crippen molar-refractivity contribution in [2.45, 2.75) is 18.9 Å². The highest BCUT2D eigenvalue weighted by Gasteiger charge is 2.20. The molecule has 17 heavy (non-hydrogen) atoms. The molecule has 1 atom stereocenters. The molecule has 1 unspecified atom stereocenters. The van der Waals surface area contributed by atoms with E-state index >= 15 is 0 Å². The van der Waals surface area contributed by atoms with E-state index in [-0.39, 0.29) is 0 Å². The van der Waals surface area contributed by atoms with E-state index in [1.807, 2.05) is 12.1 Å². The fraction of sp³-hybridized carbons (Fsp3) is 0.462. The molecule has 0 radical (unpaired) electrons. The molecule has 2 heterocycles. The number of hydrogen-bond acceptors (Lipinski definition) is 4. The summed E-state index contributed by atoms with van der Waals surface area (Å²) in [7, 11) is 0. The molecule has 1 aromatic carbocycles. The third kappa shape index (κ3) is 2.20. The van der Waals surface area contributed by atoms with E-state index in [1.54, 1.807) is 0 Å². The summed E-state index contributed by atoms with van der Waals surface area (Å²) in [6.45, 7) is 2.61. The Kier molecular flexibility index (Phi) is 2.86. The third-order valence-corrected chi connectivity index (χ3v) is 3.17. The predicted molar refractivity (Wildman–Crippen MR) is 67.4 cm³/mol. The lowest BCUT2D eigenvalue weighted by atomic mass is 10.0. The molecule has 4 heteroatoms. The fourth-order valence-electron chi connectivity index (χ4n) is 2.33. The van der Waals surface area contributed by atoms with Crippen LogP contribution in [-0.4, -0.2) is 25.7 Å². The summed E-state index contributed by atoms with van der Waals surface area (Å²) in [5, 5.41) is 6.73. The van der Waals surface area contributed by atoms with Crippen molar-refractivity contribution in [3.63, 3.8) is 0 Å². The van der Waals surface area contributed by atoms with Gasteiger partial charge in [0, 0.05) is 12.1 Å². The molecular formula is C13H17N3O. The van der Waals surface area contributed by atoms with Gasteiger partial charge in [-0.2, -0.15) is 0 Å². The number of nitrogens with one attached hydrogen (secondary N) is 2. The van der Waals surface area contributed by atoms with Crippen LogP contribution in [0.2, 0.25) is 0 Å². The normalized spacial score (nSPS) is 22.8. The van der Waals surface area contributed by atoms with Gasteiger partial charge in [-0.1, -0.05) is 18.2 Å². The first-order valence-electron chi connectivity index (χ1n) is 6.20. The third-order valence-electron chi connectivity index (χ3n) is 3.17. The Bertz CT molecular complexity index is 430. The number of ether oxygens (including phenoxy) is 1. The second-order valence-corrected chi connectivity index (χ2v) is 4.38.